The summed E-state index contributed by atoms with van der Waals surface area (Å²) < 4.78 is 5.56. The standard InChI is InChI=1S/C13H20O/c1-12(2,13(3,4)14-5)11-9-7-6-8-10-11/h6-10H,1-5H3. The molecule has 1 aromatic rings. The monoisotopic (exact) mass is 192 g/mol. The number of methoxy groups -OCH3 is 1. The Bertz CT molecular complexity index is 285. The molecule has 0 fully saturated rings. The lowest BCUT2D eigenvalue weighted by molar-refractivity contribution is -0.0341. The average molecular weight is 192 g/mol. The first-order valence-electron chi connectivity index (χ1n) is 5.02. The van der Waals surface area contributed by atoms with Crippen LogP contribution in [0.15, 0.2) is 30.3 Å². The minimum Gasteiger partial charge on any atom is -0.378 e. The van der Waals surface area contributed by atoms with E-state index >= 15 is 0 Å². The van der Waals surface area contributed by atoms with Crippen molar-refractivity contribution in [3.8, 4) is 0 Å². The fraction of sp³-hybridized carbons (Fsp3) is 0.538. The number of benzene rings is 1. The lowest BCUT2D eigenvalue weighted by atomic mass is 9.72. The summed E-state index contributed by atoms with van der Waals surface area (Å²) >= 11 is 0. The van der Waals surface area contributed by atoms with Gasteiger partial charge < -0.3 is 4.74 Å². The van der Waals surface area contributed by atoms with E-state index in [4.69, 9.17) is 4.74 Å². The van der Waals surface area contributed by atoms with Crippen LogP contribution in [0.4, 0.5) is 0 Å². The Kier molecular flexibility index (Phi) is 3.01. The molecule has 0 saturated heterocycles. The molecule has 0 amide bonds. The number of hydrogen-bond donors (Lipinski definition) is 0. The van der Waals surface area contributed by atoms with Crippen molar-refractivity contribution in [2.75, 3.05) is 7.11 Å². The van der Waals surface area contributed by atoms with Gasteiger partial charge in [0.2, 0.25) is 0 Å². The van der Waals surface area contributed by atoms with Gasteiger partial charge in [-0.05, 0) is 19.4 Å². The molecular weight excluding hydrogens is 172 g/mol. The van der Waals surface area contributed by atoms with Crippen molar-refractivity contribution in [1.82, 2.24) is 0 Å². The van der Waals surface area contributed by atoms with Crippen molar-refractivity contribution in [2.24, 2.45) is 0 Å². The molecule has 0 heterocycles. The van der Waals surface area contributed by atoms with Crippen LogP contribution in [0.2, 0.25) is 0 Å². The Hall–Kier alpha value is -0.820. The van der Waals surface area contributed by atoms with Crippen LogP contribution >= 0.6 is 0 Å². The van der Waals surface area contributed by atoms with Crippen LogP contribution in [0.1, 0.15) is 33.3 Å². The summed E-state index contributed by atoms with van der Waals surface area (Å²) in [7, 11) is 1.77. The zero-order chi connectivity index (χ0) is 10.8. The van der Waals surface area contributed by atoms with Gasteiger partial charge in [-0.15, -0.1) is 0 Å². The van der Waals surface area contributed by atoms with Crippen LogP contribution < -0.4 is 0 Å². The van der Waals surface area contributed by atoms with Gasteiger partial charge in [-0.25, -0.2) is 0 Å². The first-order valence-corrected chi connectivity index (χ1v) is 5.02. The van der Waals surface area contributed by atoms with Crippen molar-refractivity contribution in [3.05, 3.63) is 35.9 Å². The van der Waals surface area contributed by atoms with Gasteiger partial charge in [-0.1, -0.05) is 44.2 Å². The molecule has 0 aliphatic rings. The van der Waals surface area contributed by atoms with E-state index in [0.717, 1.165) is 0 Å². The van der Waals surface area contributed by atoms with Gasteiger partial charge in [0.15, 0.2) is 0 Å². The molecule has 0 unspecified atom stereocenters. The number of ether oxygens (including phenoxy) is 1. The quantitative estimate of drug-likeness (QED) is 0.713. The van der Waals surface area contributed by atoms with E-state index in [1.807, 2.05) is 6.07 Å². The Morgan fingerprint density at radius 3 is 1.86 bits per heavy atom. The third-order valence-electron chi connectivity index (χ3n) is 3.51. The Labute approximate surface area is 87.1 Å². The predicted octanol–water partition coefficient (Wildman–Crippen LogP) is 3.39. The highest BCUT2D eigenvalue weighted by atomic mass is 16.5. The molecule has 1 heteroatoms. The van der Waals surface area contributed by atoms with Crippen molar-refractivity contribution < 1.29 is 4.74 Å². The summed E-state index contributed by atoms with van der Waals surface area (Å²) in [4.78, 5) is 0. The second kappa shape index (κ2) is 3.74. The van der Waals surface area contributed by atoms with Gasteiger partial charge in [-0.2, -0.15) is 0 Å². The van der Waals surface area contributed by atoms with E-state index in [0.29, 0.717) is 0 Å². The van der Waals surface area contributed by atoms with Gasteiger partial charge in [0.05, 0.1) is 5.60 Å². The van der Waals surface area contributed by atoms with E-state index in [1.54, 1.807) is 7.11 Å². The molecule has 14 heavy (non-hydrogen) atoms. The van der Waals surface area contributed by atoms with Gasteiger partial charge in [-0.3, -0.25) is 0 Å². The molecule has 0 radical (unpaired) electrons. The summed E-state index contributed by atoms with van der Waals surface area (Å²) in [5.41, 5.74) is 1.17. The molecule has 0 aliphatic carbocycles. The van der Waals surface area contributed by atoms with Crippen molar-refractivity contribution in [2.45, 2.75) is 38.7 Å². The highest BCUT2D eigenvalue weighted by Crippen LogP contribution is 2.36. The molecule has 1 nitrogen and oxygen atoms in total. The zero-order valence-electron chi connectivity index (χ0n) is 9.79. The molecule has 0 spiro atoms. The van der Waals surface area contributed by atoms with Gasteiger partial charge in [0.1, 0.15) is 0 Å². The zero-order valence-corrected chi connectivity index (χ0v) is 9.79. The topological polar surface area (TPSA) is 9.23 Å². The molecule has 0 saturated carbocycles. The van der Waals surface area contributed by atoms with Crippen LogP contribution in [0, 0.1) is 0 Å². The summed E-state index contributed by atoms with van der Waals surface area (Å²) in [6.07, 6.45) is 0. The first kappa shape index (κ1) is 11.3. The fourth-order valence-electron chi connectivity index (χ4n) is 1.46. The summed E-state index contributed by atoms with van der Waals surface area (Å²) in [6.45, 7) is 8.68. The van der Waals surface area contributed by atoms with Crippen molar-refractivity contribution >= 4 is 0 Å². The van der Waals surface area contributed by atoms with Gasteiger partial charge in [0, 0.05) is 12.5 Å². The lowest BCUT2D eigenvalue weighted by Crippen LogP contribution is -2.44. The van der Waals surface area contributed by atoms with E-state index in [9.17, 15) is 0 Å². The maximum atomic E-state index is 5.56. The minimum absolute atomic E-state index is 0.0169. The van der Waals surface area contributed by atoms with Crippen LogP contribution in [0.25, 0.3) is 0 Å². The molecule has 0 atom stereocenters. The Morgan fingerprint density at radius 1 is 0.929 bits per heavy atom. The molecule has 0 aromatic heterocycles. The summed E-state index contributed by atoms with van der Waals surface area (Å²) in [5.74, 6) is 0. The Morgan fingerprint density at radius 2 is 1.43 bits per heavy atom. The van der Waals surface area contributed by atoms with Crippen LogP contribution in [0.3, 0.4) is 0 Å². The van der Waals surface area contributed by atoms with Crippen LogP contribution in [-0.2, 0) is 10.2 Å². The normalized spacial score (nSPS) is 12.9. The van der Waals surface area contributed by atoms with Gasteiger partial charge in [0.25, 0.3) is 0 Å². The SMILES string of the molecule is COC(C)(C)C(C)(C)c1ccccc1. The number of hydrogen-bond acceptors (Lipinski definition) is 1. The summed E-state index contributed by atoms with van der Waals surface area (Å²) in [6, 6.07) is 10.5. The molecule has 0 N–H and O–H groups in total. The molecule has 0 bridgehead atoms. The largest absolute Gasteiger partial charge is 0.378 e. The number of rotatable bonds is 3. The highest BCUT2D eigenvalue weighted by molar-refractivity contribution is 5.26. The molecule has 1 aromatic carbocycles. The molecule has 78 valence electrons. The fourth-order valence-corrected chi connectivity index (χ4v) is 1.46. The molecular formula is C13H20O. The Balaban J connectivity index is 3.08. The maximum Gasteiger partial charge on any atom is 0.0713 e. The van der Waals surface area contributed by atoms with Crippen LogP contribution in [-0.4, -0.2) is 12.7 Å². The van der Waals surface area contributed by atoms with Crippen molar-refractivity contribution in [1.29, 1.82) is 0 Å². The highest BCUT2D eigenvalue weighted by Gasteiger charge is 2.38. The molecule has 1 rings (SSSR count). The summed E-state index contributed by atoms with van der Waals surface area (Å²) in [5, 5.41) is 0. The second-order valence-electron chi connectivity index (χ2n) is 4.71. The predicted molar refractivity (Wildman–Crippen MR) is 60.6 cm³/mol. The third kappa shape index (κ3) is 1.83. The minimum atomic E-state index is -0.158. The lowest BCUT2D eigenvalue weighted by Gasteiger charge is -2.41. The van der Waals surface area contributed by atoms with Gasteiger partial charge >= 0.3 is 0 Å². The smallest absolute Gasteiger partial charge is 0.0713 e. The first-order chi connectivity index (χ1) is 6.42. The average Bonchev–Trinajstić information content (AvgIpc) is 2.19. The second-order valence-corrected chi connectivity index (χ2v) is 4.71. The van der Waals surface area contributed by atoms with E-state index in [2.05, 4.69) is 52.0 Å². The van der Waals surface area contributed by atoms with Crippen molar-refractivity contribution in [3.63, 3.8) is 0 Å². The molecule has 0 aliphatic heterocycles. The van der Waals surface area contributed by atoms with E-state index in [1.165, 1.54) is 5.56 Å². The maximum absolute atomic E-state index is 5.56. The van der Waals surface area contributed by atoms with E-state index in [-0.39, 0.29) is 11.0 Å². The van der Waals surface area contributed by atoms with E-state index < -0.39 is 0 Å². The third-order valence-corrected chi connectivity index (χ3v) is 3.51. The van der Waals surface area contributed by atoms with Crippen LogP contribution in [0.5, 0.6) is 0 Å².